The van der Waals surface area contributed by atoms with E-state index in [2.05, 4.69) is 27.9 Å². The molecule has 1 fully saturated rings. The maximum Gasteiger partial charge on any atom is 0.127 e. The van der Waals surface area contributed by atoms with Gasteiger partial charge in [0.25, 0.3) is 0 Å². The Kier molecular flexibility index (Phi) is 3.42. The van der Waals surface area contributed by atoms with Crippen LogP contribution in [0.4, 0.5) is 4.39 Å². The van der Waals surface area contributed by atoms with Gasteiger partial charge >= 0.3 is 0 Å². The van der Waals surface area contributed by atoms with Gasteiger partial charge < -0.3 is 4.90 Å². The van der Waals surface area contributed by atoms with Crippen molar-refractivity contribution in [2.75, 3.05) is 20.1 Å². The van der Waals surface area contributed by atoms with Gasteiger partial charge in [-0.2, -0.15) is 0 Å². The van der Waals surface area contributed by atoms with E-state index in [0.29, 0.717) is 5.92 Å². The normalized spacial score (nSPS) is 19.4. The van der Waals surface area contributed by atoms with Gasteiger partial charge in [-0.3, -0.25) is 0 Å². The quantitative estimate of drug-likeness (QED) is 0.757. The number of likely N-dealkylation sites (tertiary alicyclic amines) is 1. The van der Waals surface area contributed by atoms with Gasteiger partial charge in [0.2, 0.25) is 0 Å². The Labute approximate surface area is 98.4 Å². The molecule has 1 aliphatic rings. The van der Waals surface area contributed by atoms with E-state index in [0.717, 1.165) is 36.0 Å². The Morgan fingerprint density at radius 3 is 2.60 bits per heavy atom. The summed E-state index contributed by atoms with van der Waals surface area (Å²) in [5.74, 6) is 0.327. The molecule has 0 aliphatic carbocycles. The van der Waals surface area contributed by atoms with E-state index in [9.17, 15) is 4.39 Å². The fourth-order valence-electron chi connectivity index (χ4n) is 2.15. The minimum Gasteiger partial charge on any atom is -0.306 e. The highest BCUT2D eigenvalue weighted by Crippen LogP contribution is 2.30. The summed E-state index contributed by atoms with van der Waals surface area (Å²) in [6, 6.07) is 5.40. The Morgan fingerprint density at radius 1 is 1.33 bits per heavy atom. The van der Waals surface area contributed by atoms with E-state index < -0.39 is 0 Å². The van der Waals surface area contributed by atoms with E-state index in [-0.39, 0.29) is 5.82 Å². The molecule has 15 heavy (non-hydrogen) atoms. The monoisotopic (exact) mass is 271 g/mol. The minimum absolute atomic E-state index is 0.0704. The molecule has 3 heteroatoms. The molecule has 1 saturated heterocycles. The number of hydrogen-bond donors (Lipinski definition) is 0. The summed E-state index contributed by atoms with van der Waals surface area (Å²) in [4.78, 5) is 2.30. The van der Waals surface area contributed by atoms with Crippen LogP contribution in [0.25, 0.3) is 0 Å². The van der Waals surface area contributed by atoms with Crippen LogP contribution in [0.5, 0.6) is 0 Å². The zero-order valence-electron chi connectivity index (χ0n) is 8.84. The van der Waals surface area contributed by atoms with Gasteiger partial charge in [-0.1, -0.05) is 22.0 Å². The molecule has 0 N–H and O–H groups in total. The van der Waals surface area contributed by atoms with Crippen molar-refractivity contribution in [1.29, 1.82) is 0 Å². The van der Waals surface area contributed by atoms with E-state index in [1.54, 1.807) is 6.07 Å². The summed E-state index contributed by atoms with van der Waals surface area (Å²) in [5, 5.41) is 0. The lowest BCUT2D eigenvalue weighted by molar-refractivity contribution is 0.253. The maximum atomic E-state index is 13.7. The predicted octanol–water partition coefficient (Wildman–Crippen LogP) is 3.40. The number of halogens is 2. The van der Waals surface area contributed by atoms with Crippen molar-refractivity contribution in [3.63, 3.8) is 0 Å². The van der Waals surface area contributed by atoms with Crippen LogP contribution in [0, 0.1) is 5.82 Å². The van der Waals surface area contributed by atoms with Crippen molar-refractivity contribution < 1.29 is 4.39 Å². The first kappa shape index (κ1) is 11.1. The van der Waals surface area contributed by atoms with E-state index in [1.807, 2.05) is 12.1 Å². The first-order valence-electron chi connectivity index (χ1n) is 5.30. The lowest BCUT2D eigenvalue weighted by atomic mass is 9.89. The zero-order valence-corrected chi connectivity index (χ0v) is 10.4. The lowest BCUT2D eigenvalue weighted by Crippen LogP contribution is -2.29. The zero-order chi connectivity index (χ0) is 10.8. The van der Waals surface area contributed by atoms with Crippen LogP contribution >= 0.6 is 15.9 Å². The van der Waals surface area contributed by atoms with Crippen LogP contribution < -0.4 is 0 Å². The number of nitrogens with zero attached hydrogens (tertiary/aromatic N) is 1. The van der Waals surface area contributed by atoms with Crippen LogP contribution in [0.1, 0.15) is 24.3 Å². The molecule has 1 aromatic rings. The van der Waals surface area contributed by atoms with Gasteiger partial charge in [0.1, 0.15) is 5.82 Å². The SMILES string of the molecule is CN1CCC(c2ccc(Br)cc2F)CC1. The summed E-state index contributed by atoms with van der Waals surface area (Å²) in [6.07, 6.45) is 2.13. The summed E-state index contributed by atoms with van der Waals surface area (Å²) in [7, 11) is 2.12. The smallest absolute Gasteiger partial charge is 0.127 e. The maximum absolute atomic E-state index is 13.7. The molecule has 0 unspecified atom stereocenters. The van der Waals surface area contributed by atoms with E-state index in [1.165, 1.54) is 0 Å². The van der Waals surface area contributed by atoms with Gasteiger partial charge in [-0.05, 0) is 56.6 Å². The molecule has 1 nitrogen and oxygen atoms in total. The second kappa shape index (κ2) is 4.62. The molecular formula is C12H15BrFN. The van der Waals surface area contributed by atoms with Crippen molar-refractivity contribution in [3.8, 4) is 0 Å². The summed E-state index contributed by atoms with van der Waals surface area (Å²) < 4.78 is 14.5. The minimum atomic E-state index is -0.0704. The standard InChI is InChI=1S/C12H15BrFN/c1-15-6-4-9(5-7-15)11-3-2-10(13)8-12(11)14/h2-3,8-9H,4-7H2,1H3. The summed E-state index contributed by atoms with van der Waals surface area (Å²) in [6.45, 7) is 2.14. The third-order valence-electron chi connectivity index (χ3n) is 3.12. The Hall–Kier alpha value is -0.410. The molecule has 0 aromatic heterocycles. The third-order valence-corrected chi connectivity index (χ3v) is 3.61. The van der Waals surface area contributed by atoms with Gasteiger partial charge in [-0.15, -0.1) is 0 Å². The van der Waals surface area contributed by atoms with Crippen LogP contribution in [0.15, 0.2) is 22.7 Å². The van der Waals surface area contributed by atoms with Crippen LogP contribution in [-0.2, 0) is 0 Å². The topological polar surface area (TPSA) is 3.24 Å². The van der Waals surface area contributed by atoms with Gasteiger partial charge in [0, 0.05) is 4.47 Å². The Bertz CT molecular complexity index is 345. The molecule has 0 bridgehead atoms. The van der Waals surface area contributed by atoms with Crippen LogP contribution in [0.3, 0.4) is 0 Å². The highest BCUT2D eigenvalue weighted by atomic mass is 79.9. The fourth-order valence-corrected chi connectivity index (χ4v) is 2.49. The highest BCUT2D eigenvalue weighted by Gasteiger charge is 2.20. The molecule has 0 radical (unpaired) electrons. The Morgan fingerprint density at radius 2 is 2.00 bits per heavy atom. The van der Waals surface area contributed by atoms with Crippen molar-refractivity contribution in [3.05, 3.63) is 34.1 Å². The molecular weight excluding hydrogens is 257 g/mol. The van der Waals surface area contributed by atoms with E-state index in [4.69, 9.17) is 0 Å². The first-order chi connectivity index (χ1) is 7.16. The highest BCUT2D eigenvalue weighted by molar-refractivity contribution is 9.10. The van der Waals surface area contributed by atoms with Gasteiger partial charge in [0.05, 0.1) is 0 Å². The average Bonchev–Trinajstić information content (AvgIpc) is 2.20. The molecule has 1 aliphatic heterocycles. The second-order valence-corrected chi connectivity index (χ2v) is 5.16. The molecule has 0 spiro atoms. The Balaban J connectivity index is 2.15. The number of piperidine rings is 1. The second-order valence-electron chi connectivity index (χ2n) is 4.24. The molecule has 2 rings (SSSR count). The molecule has 82 valence electrons. The lowest BCUT2D eigenvalue weighted by Gasteiger charge is -2.29. The first-order valence-corrected chi connectivity index (χ1v) is 6.09. The number of benzene rings is 1. The third kappa shape index (κ3) is 2.58. The molecule has 0 atom stereocenters. The number of hydrogen-bond acceptors (Lipinski definition) is 1. The van der Waals surface area contributed by atoms with E-state index >= 15 is 0 Å². The van der Waals surface area contributed by atoms with Crippen molar-refractivity contribution >= 4 is 15.9 Å². The van der Waals surface area contributed by atoms with Crippen LogP contribution in [-0.4, -0.2) is 25.0 Å². The van der Waals surface area contributed by atoms with Gasteiger partial charge in [0.15, 0.2) is 0 Å². The number of rotatable bonds is 1. The molecule has 0 amide bonds. The predicted molar refractivity (Wildman–Crippen MR) is 63.6 cm³/mol. The van der Waals surface area contributed by atoms with Crippen molar-refractivity contribution in [2.45, 2.75) is 18.8 Å². The summed E-state index contributed by atoms with van der Waals surface area (Å²) >= 11 is 3.28. The van der Waals surface area contributed by atoms with Gasteiger partial charge in [-0.25, -0.2) is 4.39 Å². The molecule has 1 aromatic carbocycles. The fraction of sp³-hybridized carbons (Fsp3) is 0.500. The van der Waals surface area contributed by atoms with Crippen LogP contribution in [0.2, 0.25) is 0 Å². The average molecular weight is 272 g/mol. The molecule has 0 saturated carbocycles. The largest absolute Gasteiger partial charge is 0.306 e. The van der Waals surface area contributed by atoms with Crippen molar-refractivity contribution in [1.82, 2.24) is 4.90 Å². The van der Waals surface area contributed by atoms with Crippen molar-refractivity contribution in [2.24, 2.45) is 0 Å². The molecule has 1 heterocycles. The summed E-state index contributed by atoms with van der Waals surface area (Å²) in [5.41, 5.74) is 0.881.